The molecule has 0 fully saturated rings. The molecule has 0 aliphatic rings. The SMILES string of the molecule is COc1cc(Cl)nc(Cl)c1CC[C@@H](C)N. The quantitative estimate of drug-likeness (QED) is 0.834. The summed E-state index contributed by atoms with van der Waals surface area (Å²) in [6.07, 6.45) is 1.57. The zero-order valence-corrected chi connectivity index (χ0v) is 10.3. The normalized spacial score (nSPS) is 12.6. The molecule has 0 unspecified atom stereocenters. The van der Waals surface area contributed by atoms with Crippen molar-refractivity contribution >= 4 is 23.2 Å². The maximum absolute atomic E-state index is 5.98. The monoisotopic (exact) mass is 248 g/mol. The molecule has 1 aromatic heterocycles. The molecule has 0 aliphatic heterocycles. The second-order valence-electron chi connectivity index (χ2n) is 3.43. The number of aromatic nitrogens is 1. The molecular weight excluding hydrogens is 235 g/mol. The Bertz CT molecular complexity index is 342. The number of halogens is 2. The van der Waals surface area contributed by atoms with Crippen molar-refractivity contribution in [3.63, 3.8) is 0 Å². The average Bonchev–Trinajstić information content (AvgIpc) is 2.14. The summed E-state index contributed by atoms with van der Waals surface area (Å²) in [6, 6.07) is 1.78. The predicted molar refractivity (Wildman–Crippen MR) is 62.8 cm³/mol. The topological polar surface area (TPSA) is 48.1 Å². The van der Waals surface area contributed by atoms with Crippen molar-refractivity contribution in [3.8, 4) is 5.75 Å². The Labute approximate surface area is 99.5 Å². The van der Waals surface area contributed by atoms with E-state index in [1.54, 1.807) is 13.2 Å². The van der Waals surface area contributed by atoms with Gasteiger partial charge in [0.15, 0.2) is 0 Å². The number of nitrogens with zero attached hydrogens (tertiary/aromatic N) is 1. The lowest BCUT2D eigenvalue weighted by molar-refractivity contribution is 0.408. The van der Waals surface area contributed by atoms with Crippen molar-refractivity contribution in [2.45, 2.75) is 25.8 Å². The molecule has 0 aliphatic carbocycles. The molecule has 1 heterocycles. The van der Waals surface area contributed by atoms with E-state index in [1.165, 1.54) is 0 Å². The van der Waals surface area contributed by atoms with Gasteiger partial charge in [0.2, 0.25) is 0 Å². The molecule has 0 saturated heterocycles. The molecule has 0 aromatic carbocycles. The van der Waals surface area contributed by atoms with Gasteiger partial charge in [0.05, 0.1) is 7.11 Å². The Hall–Kier alpha value is -0.510. The third kappa shape index (κ3) is 3.52. The van der Waals surface area contributed by atoms with Gasteiger partial charge < -0.3 is 10.5 Å². The lowest BCUT2D eigenvalue weighted by Crippen LogP contribution is -2.15. The van der Waals surface area contributed by atoms with Gasteiger partial charge in [-0.05, 0) is 19.8 Å². The van der Waals surface area contributed by atoms with Crippen LogP contribution in [0.4, 0.5) is 0 Å². The minimum absolute atomic E-state index is 0.126. The van der Waals surface area contributed by atoms with Gasteiger partial charge in [-0.25, -0.2) is 4.98 Å². The Morgan fingerprint density at radius 2 is 2.20 bits per heavy atom. The maximum atomic E-state index is 5.98. The number of pyridine rings is 1. The fourth-order valence-corrected chi connectivity index (χ4v) is 1.78. The number of rotatable bonds is 4. The molecule has 0 spiro atoms. The first-order valence-electron chi connectivity index (χ1n) is 4.69. The van der Waals surface area contributed by atoms with Gasteiger partial charge in [-0.1, -0.05) is 23.2 Å². The van der Waals surface area contributed by atoms with Crippen LogP contribution >= 0.6 is 23.2 Å². The molecular formula is C10H14Cl2N2O. The van der Waals surface area contributed by atoms with Gasteiger partial charge in [-0.3, -0.25) is 0 Å². The fraction of sp³-hybridized carbons (Fsp3) is 0.500. The van der Waals surface area contributed by atoms with Crippen molar-refractivity contribution in [1.29, 1.82) is 0 Å². The second kappa shape index (κ2) is 5.54. The van der Waals surface area contributed by atoms with E-state index in [4.69, 9.17) is 33.7 Å². The molecule has 3 nitrogen and oxygen atoms in total. The van der Waals surface area contributed by atoms with E-state index in [0.717, 1.165) is 18.4 Å². The van der Waals surface area contributed by atoms with Gasteiger partial charge in [0.25, 0.3) is 0 Å². The molecule has 84 valence electrons. The van der Waals surface area contributed by atoms with Gasteiger partial charge in [-0.15, -0.1) is 0 Å². The third-order valence-electron chi connectivity index (χ3n) is 2.07. The summed E-state index contributed by atoms with van der Waals surface area (Å²) in [5.74, 6) is 0.667. The van der Waals surface area contributed by atoms with Crippen LogP contribution in [0.1, 0.15) is 18.9 Å². The number of nitrogens with two attached hydrogens (primary N) is 1. The van der Waals surface area contributed by atoms with Crippen molar-refractivity contribution in [3.05, 3.63) is 21.9 Å². The molecule has 0 saturated carbocycles. The molecule has 1 atom stereocenters. The summed E-state index contributed by atoms with van der Waals surface area (Å²) in [5.41, 5.74) is 6.54. The highest BCUT2D eigenvalue weighted by Crippen LogP contribution is 2.29. The van der Waals surface area contributed by atoms with E-state index < -0.39 is 0 Å². The van der Waals surface area contributed by atoms with Crippen molar-refractivity contribution < 1.29 is 4.74 Å². The second-order valence-corrected chi connectivity index (χ2v) is 4.18. The highest BCUT2D eigenvalue weighted by atomic mass is 35.5. The van der Waals surface area contributed by atoms with Crippen molar-refractivity contribution in [1.82, 2.24) is 4.98 Å². The zero-order valence-electron chi connectivity index (χ0n) is 8.76. The van der Waals surface area contributed by atoms with E-state index >= 15 is 0 Å². The summed E-state index contributed by atoms with van der Waals surface area (Å²) in [4.78, 5) is 3.97. The molecule has 0 radical (unpaired) electrons. The molecule has 15 heavy (non-hydrogen) atoms. The highest BCUT2D eigenvalue weighted by molar-refractivity contribution is 6.33. The van der Waals surface area contributed by atoms with Gasteiger partial charge >= 0.3 is 0 Å². The van der Waals surface area contributed by atoms with E-state index in [1.807, 2.05) is 6.92 Å². The van der Waals surface area contributed by atoms with Crippen LogP contribution in [0.25, 0.3) is 0 Å². The Balaban J connectivity index is 2.93. The van der Waals surface area contributed by atoms with Crippen LogP contribution in [0.5, 0.6) is 5.75 Å². The number of hydrogen-bond acceptors (Lipinski definition) is 3. The van der Waals surface area contributed by atoms with Crippen molar-refractivity contribution in [2.75, 3.05) is 7.11 Å². The van der Waals surface area contributed by atoms with E-state index in [2.05, 4.69) is 4.98 Å². The first kappa shape index (κ1) is 12.6. The molecule has 1 aromatic rings. The first-order valence-corrected chi connectivity index (χ1v) is 5.44. The Morgan fingerprint density at radius 1 is 1.53 bits per heavy atom. The van der Waals surface area contributed by atoms with Gasteiger partial charge in [0, 0.05) is 17.7 Å². The summed E-state index contributed by atoms with van der Waals surface area (Å²) >= 11 is 11.7. The number of hydrogen-bond donors (Lipinski definition) is 1. The standard InChI is InChI=1S/C10H14Cl2N2O/c1-6(13)3-4-7-8(15-2)5-9(11)14-10(7)12/h5-6H,3-4,13H2,1-2H3/t6-/m1/s1. The van der Waals surface area contributed by atoms with E-state index in [9.17, 15) is 0 Å². The third-order valence-corrected chi connectivity index (χ3v) is 2.58. The molecule has 5 heteroatoms. The molecule has 1 rings (SSSR count). The molecule has 0 amide bonds. The summed E-state index contributed by atoms with van der Waals surface area (Å²) in [5, 5.41) is 0.724. The molecule has 0 bridgehead atoms. The van der Waals surface area contributed by atoms with Crippen LogP contribution in [0.15, 0.2) is 6.07 Å². The highest BCUT2D eigenvalue weighted by Gasteiger charge is 2.11. The smallest absolute Gasteiger partial charge is 0.137 e. The lowest BCUT2D eigenvalue weighted by Gasteiger charge is -2.11. The zero-order chi connectivity index (χ0) is 11.4. The summed E-state index contributed by atoms with van der Waals surface area (Å²) in [7, 11) is 1.58. The van der Waals surface area contributed by atoms with E-state index in [0.29, 0.717) is 16.1 Å². The lowest BCUT2D eigenvalue weighted by atomic mass is 10.1. The van der Waals surface area contributed by atoms with E-state index in [-0.39, 0.29) is 6.04 Å². The summed E-state index contributed by atoms with van der Waals surface area (Å²) < 4.78 is 5.19. The largest absolute Gasteiger partial charge is 0.496 e. The number of ether oxygens (including phenoxy) is 1. The van der Waals surface area contributed by atoms with Gasteiger partial charge in [0.1, 0.15) is 16.1 Å². The van der Waals surface area contributed by atoms with Crippen LogP contribution in [0.2, 0.25) is 10.3 Å². The predicted octanol–water partition coefficient (Wildman–Crippen LogP) is 2.68. The Morgan fingerprint density at radius 3 is 2.73 bits per heavy atom. The molecule has 2 N–H and O–H groups in total. The number of methoxy groups -OCH3 is 1. The van der Waals surface area contributed by atoms with Crippen LogP contribution < -0.4 is 10.5 Å². The first-order chi connectivity index (χ1) is 7.04. The van der Waals surface area contributed by atoms with Gasteiger partial charge in [-0.2, -0.15) is 0 Å². The Kier molecular flexibility index (Phi) is 4.64. The van der Waals surface area contributed by atoms with Crippen molar-refractivity contribution in [2.24, 2.45) is 5.73 Å². The maximum Gasteiger partial charge on any atom is 0.137 e. The van der Waals surface area contributed by atoms with Crippen LogP contribution in [-0.2, 0) is 6.42 Å². The average molecular weight is 249 g/mol. The van der Waals surface area contributed by atoms with Crippen LogP contribution in [-0.4, -0.2) is 18.1 Å². The fourth-order valence-electron chi connectivity index (χ4n) is 1.27. The van der Waals surface area contributed by atoms with Crippen LogP contribution in [0.3, 0.4) is 0 Å². The summed E-state index contributed by atoms with van der Waals surface area (Å²) in [6.45, 7) is 1.95. The van der Waals surface area contributed by atoms with Crippen LogP contribution in [0, 0.1) is 0 Å². The minimum atomic E-state index is 0.126. The minimum Gasteiger partial charge on any atom is -0.496 e.